The molecule has 0 amide bonds. The zero-order valence-corrected chi connectivity index (χ0v) is 26.5. The monoisotopic (exact) mass is 570 g/mol. The molecule has 7 heteroatoms. The van der Waals surface area contributed by atoms with E-state index in [1.165, 1.54) is 103 Å². The fraction of sp³-hybridized carbons (Fsp3) is 0.909. The van der Waals surface area contributed by atoms with Crippen molar-refractivity contribution in [3.8, 4) is 0 Å². The molecule has 236 valence electrons. The fourth-order valence-electron chi connectivity index (χ4n) is 4.43. The average Bonchev–Trinajstić information content (AvgIpc) is 2.94. The summed E-state index contributed by atoms with van der Waals surface area (Å²) < 4.78 is 20.4. The first-order valence-corrected chi connectivity index (χ1v) is 16.5. The number of ether oxygens (including phenoxy) is 4. The van der Waals surface area contributed by atoms with Gasteiger partial charge in [0.05, 0.1) is 6.61 Å². The van der Waals surface area contributed by atoms with Crippen molar-refractivity contribution in [2.45, 2.75) is 169 Å². The van der Waals surface area contributed by atoms with E-state index in [4.69, 9.17) is 18.9 Å². The minimum atomic E-state index is -0.840. The standard InChI is InChI=1S/C33H62O7/c1-5-7-8-9-10-11-12-13-14-15-16-17-18-19-20-21-22-23-24-25-32(35)37-27-30(40-31(34)6-2)28-39-33(36)38-26-29(3)4/h29-30H,5-28H2,1-4H3. The van der Waals surface area contributed by atoms with E-state index in [1.54, 1.807) is 6.92 Å². The first kappa shape index (κ1) is 38.2. The predicted octanol–water partition coefficient (Wildman–Crippen LogP) is 9.48. The largest absolute Gasteiger partial charge is 0.508 e. The molecule has 1 unspecified atom stereocenters. The molecule has 0 heterocycles. The number of carbonyl (C=O) groups is 3. The molecule has 0 aliphatic heterocycles. The zero-order chi connectivity index (χ0) is 29.7. The molecule has 0 aromatic carbocycles. The second-order valence-electron chi connectivity index (χ2n) is 11.5. The third-order valence-corrected chi connectivity index (χ3v) is 6.92. The molecular weight excluding hydrogens is 508 g/mol. The van der Waals surface area contributed by atoms with Crippen molar-refractivity contribution >= 4 is 18.1 Å². The van der Waals surface area contributed by atoms with E-state index >= 15 is 0 Å². The molecule has 0 aromatic heterocycles. The van der Waals surface area contributed by atoms with Crippen molar-refractivity contribution in [1.29, 1.82) is 0 Å². The van der Waals surface area contributed by atoms with Crippen molar-refractivity contribution in [2.75, 3.05) is 19.8 Å². The van der Waals surface area contributed by atoms with Crippen LogP contribution in [0, 0.1) is 5.92 Å². The quantitative estimate of drug-likeness (QED) is 0.0526. The molecule has 0 bridgehead atoms. The van der Waals surface area contributed by atoms with Crippen LogP contribution in [0.5, 0.6) is 0 Å². The highest BCUT2D eigenvalue weighted by Gasteiger charge is 2.19. The average molecular weight is 571 g/mol. The van der Waals surface area contributed by atoms with Gasteiger partial charge in [-0.3, -0.25) is 9.59 Å². The van der Waals surface area contributed by atoms with Crippen molar-refractivity contribution in [2.24, 2.45) is 5.92 Å². The van der Waals surface area contributed by atoms with Crippen molar-refractivity contribution in [3.05, 3.63) is 0 Å². The van der Waals surface area contributed by atoms with Gasteiger partial charge >= 0.3 is 18.1 Å². The molecule has 0 spiro atoms. The molecule has 1 atom stereocenters. The number of carbonyl (C=O) groups excluding carboxylic acids is 3. The predicted molar refractivity (Wildman–Crippen MR) is 161 cm³/mol. The first-order chi connectivity index (χ1) is 19.4. The van der Waals surface area contributed by atoms with E-state index in [2.05, 4.69) is 6.92 Å². The highest BCUT2D eigenvalue weighted by molar-refractivity contribution is 5.70. The molecule has 0 aromatic rings. The number of unbranched alkanes of at least 4 members (excludes halogenated alkanes) is 18. The van der Waals surface area contributed by atoms with E-state index in [0.717, 1.165) is 19.3 Å². The van der Waals surface area contributed by atoms with Crippen LogP contribution < -0.4 is 0 Å². The minimum absolute atomic E-state index is 0.138. The van der Waals surface area contributed by atoms with Gasteiger partial charge in [-0.2, -0.15) is 0 Å². The van der Waals surface area contributed by atoms with Crippen molar-refractivity contribution in [3.63, 3.8) is 0 Å². The van der Waals surface area contributed by atoms with Crippen LogP contribution in [0.15, 0.2) is 0 Å². The van der Waals surface area contributed by atoms with Gasteiger partial charge in [0.25, 0.3) is 0 Å². The zero-order valence-electron chi connectivity index (χ0n) is 26.5. The Kier molecular flexibility index (Phi) is 27.4. The van der Waals surface area contributed by atoms with Gasteiger partial charge in [0, 0.05) is 12.8 Å². The molecule has 0 N–H and O–H groups in total. The van der Waals surface area contributed by atoms with Gasteiger partial charge in [0.2, 0.25) is 0 Å². The Balaban J connectivity index is 3.66. The fourth-order valence-corrected chi connectivity index (χ4v) is 4.43. The number of esters is 2. The van der Waals surface area contributed by atoms with Crippen molar-refractivity contribution < 1.29 is 33.3 Å². The van der Waals surface area contributed by atoms with Gasteiger partial charge < -0.3 is 18.9 Å². The van der Waals surface area contributed by atoms with Crippen molar-refractivity contribution in [1.82, 2.24) is 0 Å². The van der Waals surface area contributed by atoms with E-state index in [1.807, 2.05) is 13.8 Å². The lowest BCUT2D eigenvalue weighted by molar-refractivity contribution is -0.161. The molecule has 7 nitrogen and oxygen atoms in total. The number of hydrogen-bond donors (Lipinski definition) is 0. The summed E-state index contributed by atoms with van der Waals surface area (Å²) in [5.41, 5.74) is 0. The second-order valence-corrected chi connectivity index (χ2v) is 11.5. The van der Waals surface area contributed by atoms with Gasteiger partial charge in [0.15, 0.2) is 6.10 Å². The summed E-state index contributed by atoms with van der Waals surface area (Å²) in [7, 11) is 0. The van der Waals surface area contributed by atoms with Crippen LogP contribution in [0.2, 0.25) is 0 Å². The van der Waals surface area contributed by atoms with Gasteiger partial charge in [-0.15, -0.1) is 0 Å². The van der Waals surface area contributed by atoms with Gasteiger partial charge in [-0.05, 0) is 12.3 Å². The Hall–Kier alpha value is -1.79. The summed E-state index contributed by atoms with van der Waals surface area (Å²) in [6.45, 7) is 7.67. The third-order valence-electron chi connectivity index (χ3n) is 6.92. The maximum Gasteiger partial charge on any atom is 0.508 e. The van der Waals surface area contributed by atoms with Crippen LogP contribution >= 0.6 is 0 Å². The summed E-state index contributed by atoms with van der Waals surface area (Å²) in [5.74, 6) is -0.586. The van der Waals surface area contributed by atoms with Gasteiger partial charge in [-0.1, -0.05) is 143 Å². The molecule has 0 radical (unpaired) electrons. The van der Waals surface area contributed by atoms with Crippen LogP contribution in [0.25, 0.3) is 0 Å². The Bertz CT molecular complexity index is 606. The van der Waals surface area contributed by atoms with E-state index in [0.29, 0.717) is 6.42 Å². The van der Waals surface area contributed by atoms with Crippen LogP contribution in [0.3, 0.4) is 0 Å². The van der Waals surface area contributed by atoms with Crippen LogP contribution in [0.1, 0.15) is 163 Å². The van der Waals surface area contributed by atoms with E-state index in [-0.39, 0.29) is 38.1 Å². The summed E-state index contributed by atoms with van der Waals surface area (Å²) >= 11 is 0. The summed E-state index contributed by atoms with van der Waals surface area (Å²) in [4.78, 5) is 35.4. The maximum absolute atomic E-state index is 12.1. The van der Waals surface area contributed by atoms with Gasteiger partial charge in [-0.25, -0.2) is 4.79 Å². The summed E-state index contributed by atoms with van der Waals surface area (Å²) in [5, 5.41) is 0. The highest BCUT2D eigenvalue weighted by Crippen LogP contribution is 2.15. The first-order valence-electron chi connectivity index (χ1n) is 16.5. The molecule has 0 saturated heterocycles. The van der Waals surface area contributed by atoms with Crippen LogP contribution in [-0.2, 0) is 28.5 Å². The topological polar surface area (TPSA) is 88.1 Å². The number of rotatable bonds is 28. The normalized spacial score (nSPS) is 11.8. The van der Waals surface area contributed by atoms with Crippen LogP contribution in [-0.4, -0.2) is 44.0 Å². The Labute approximate surface area is 245 Å². The highest BCUT2D eigenvalue weighted by atomic mass is 16.7. The third kappa shape index (κ3) is 27.8. The van der Waals surface area contributed by atoms with Gasteiger partial charge in [0.1, 0.15) is 13.2 Å². The SMILES string of the molecule is CCCCCCCCCCCCCCCCCCCCCC(=O)OCC(COC(=O)OCC(C)C)OC(=O)CC. The molecule has 0 aliphatic carbocycles. The Morgan fingerprint density at radius 3 is 1.32 bits per heavy atom. The summed E-state index contributed by atoms with van der Waals surface area (Å²) in [6, 6.07) is 0. The molecule has 0 fully saturated rings. The Morgan fingerprint density at radius 2 is 0.900 bits per heavy atom. The van der Waals surface area contributed by atoms with E-state index < -0.39 is 18.2 Å². The molecule has 40 heavy (non-hydrogen) atoms. The molecule has 0 rings (SSSR count). The van der Waals surface area contributed by atoms with Crippen LogP contribution in [0.4, 0.5) is 4.79 Å². The molecule has 0 aliphatic rings. The lowest BCUT2D eigenvalue weighted by Crippen LogP contribution is -2.31. The lowest BCUT2D eigenvalue weighted by Gasteiger charge is -2.18. The number of hydrogen-bond acceptors (Lipinski definition) is 7. The Morgan fingerprint density at radius 1 is 0.500 bits per heavy atom. The minimum Gasteiger partial charge on any atom is -0.462 e. The molecular formula is C33H62O7. The molecule has 0 saturated carbocycles. The lowest BCUT2D eigenvalue weighted by atomic mass is 10.0. The van der Waals surface area contributed by atoms with E-state index in [9.17, 15) is 14.4 Å². The second kappa shape index (κ2) is 28.7. The smallest absolute Gasteiger partial charge is 0.462 e. The summed E-state index contributed by atoms with van der Waals surface area (Å²) in [6.07, 6.45) is 23.7. The maximum atomic E-state index is 12.1.